The third-order valence-electron chi connectivity index (χ3n) is 4.07. The van der Waals surface area contributed by atoms with Crippen molar-refractivity contribution in [1.82, 2.24) is 5.32 Å². The van der Waals surface area contributed by atoms with E-state index in [0.29, 0.717) is 5.17 Å². The predicted octanol–water partition coefficient (Wildman–Crippen LogP) is 3.86. The molecular formula is C20H21N3O2S. The Balaban J connectivity index is 1.62. The Morgan fingerprint density at radius 2 is 1.81 bits per heavy atom. The second-order valence-corrected chi connectivity index (χ2v) is 7.61. The Kier molecular flexibility index (Phi) is 5.42. The first kappa shape index (κ1) is 18.2. The van der Waals surface area contributed by atoms with Gasteiger partial charge in [-0.1, -0.05) is 47.2 Å². The summed E-state index contributed by atoms with van der Waals surface area (Å²) in [4.78, 5) is 28.9. The molecule has 0 unspecified atom stereocenters. The molecule has 0 radical (unpaired) electrons. The van der Waals surface area contributed by atoms with Gasteiger partial charge in [0.2, 0.25) is 11.8 Å². The summed E-state index contributed by atoms with van der Waals surface area (Å²) in [6, 6.07) is 13.6. The maximum Gasteiger partial charge on any atom is 0.240 e. The number of aliphatic imine (C=N–C) groups is 1. The molecule has 2 aromatic rings. The number of hydrogen-bond donors (Lipinski definition) is 2. The average Bonchev–Trinajstić information content (AvgIpc) is 2.91. The first-order valence-electron chi connectivity index (χ1n) is 8.41. The molecule has 0 bridgehead atoms. The van der Waals surface area contributed by atoms with Crippen LogP contribution in [0.15, 0.2) is 47.5 Å². The molecule has 2 aromatic carbocycles. The summed E-state index contributed by atoms with van der Waals surface area (Å²) in [6.45, 7) is 5.96. The maximum absolute atomic E-state index is 12.3. The number of carbonyl (C=O) groups excluding carboxylic acids is 2. The van der Waals surface area contributed by atoms with Gasteiger partial charge in [-0.2, -0.15) is 0 Å². The van der Waals surface area contributed by atoms with E-state index >= 15 is 0 Å². The van der Waals surface area contributed by atoms with Crippen LogP contribution >= 0.6 is 11.8 Å². The molecule has 3 rings (SSSR count). The van der Waals surface area contributed by atoms with Crippen molar-refractivity contribution >= 4 is 40.1 Å². The third kappa shape index (κ3) is 4.52. The second kappa shape index (κ2) is 7.74. The number of nitrogens with zero attached hydrogens (tertiary/aromatic N) is 1. The summed E-state index contributed by atoms with van der Waals surface area (Å²) in [5, 5.41) is 5.70. The van der Waals surface area contributed by atoms with Crippen molar-refractivity contribution < 1.29 is 9.59 Å². The number of rotatable bonds is 4. The van der Waals surface area contributed by atoms with Crippen LogP contribution in [0.3, 0.4) is 0 Å². The molecule has 1 aliphatic rings. The lowest BCUT2D eigenvalue weighted by Gasteiger charge is -2.10. The highest BCUT2D eigenvalue weighted by atomic mass is 32.2. The minimum atomic E-state index is -0.468. The van der Waals surface area contributed by atoms with Gasteiger partial charge in [-0.05, 0) is 44.5 Å². The lowest BCUT2D eigenvalue weighted by Crippen LogP contribution is -2.28. The van der Waals surface area contributed by atoms with E-state index in [0.717, 1.165) is 28.1 Å². The van der Waals surface area contributed by atoms with E-state index in [1.807, 2.05) is 63.2 Å². The van der Waals surface area contributed by atoms with Crippen LogP contribution in [-0.4, -0.2) is 22.2 Å². The average molecular weight is 367 g/mol. The van der Waals surface area contributed by atoms with E-state index in [1.54, 1.807) is 0 Å². The lowest BCUT2D eigenvalue weighted by atomic mass is 10.1. The monoisotopic (exact) mass is 367 g/mol. The zero-order valence-electron chi connectivity index (χ0n) is 15.0. The summed E-state index contributed by atoms with van der Waals surface area (Å²) in [6.07, 6.45) is 0.108. The lowest BCUT2D eigenvalue weighted by molar-refractivity contribution is -0.122. The largest absolute Gasteiger partial charge is 0.326 e. The van der Waals surface area contributed by atoms with Crippen molar-refractivity contribution in [3.8, 4) is 0 Å². The molecule has 134 valence electrons. The second-order valence-electron chi connectivity index (χ2n) is 6.42. The van der Waals surface area contributed by atoms with Crippen LogP contribution in [0.2, 0.25) is 0 Å². The quantitative estimate of drug-likeness (QED) is 0.862. The van der Waals surface area contributed by atoms with Gasteiger partial charge >= 0.3 is 0 Å². The van der Waals surface area contributed by atoms with Gasteiger partial charge in [-0.3, -0.25) is 9.59 Å². The van der Waals surface area contributed by atoms with E-state index < -0.39 is 5.25 Å². The highest BCUT2D eigenvalue weighted by Crippen LogP contribution is 2.26. The van der Waals surface area contributed by atoms with Crippen LogP contribution < -0.4 is 10.6 Å². The number of hydrogen-bond acceptors (Lipinski definition) is 4. The molecule has 0 aromatic heterocycles. The molecule has 1 fully saturated rings. The van der Waals surface area contributed by atoms with Crippen molar-refractivity contribution in [2.75, 3.05) is 5.32 Å². The zero-order chi connectivity index (χ0) is 18.7. The molecule has 1 atom stereocenters. The molecule has 2 N–H and O–H groups in total. The highest BCUT2D eigenvalue weighted by molar-refractivity contribution is 8.15. The summed E-state index contributed by atoms with van der Waals surface area (Å²) >= 11 is 1.29. The maximum atomic E-state index is 12.3. The number of benzene rings is 2. The fraction of sp³-hybridized carbons (Fsp3) is 0.250. The van der Waals surface area contributed by atoms with Crippen LogP contribution in [0, 0.1) is 20.8 Å². The van der Waals surface area contributed by atoms with Gasteiger partial charge in [0.15, 0.2) is 5.17 Å². The van der Waals surface area contributed by atoms with E-state index in [-0.39, 0.29) is 18.2 Å². The van der Waals surface area contributed by atoms with Crippen molar-refractivity contribution in [2.45, 2.75) is 32.4 Å². The summed E-state index contributed by atoms with van der Waals surface area (Å²) < 4.78 is 0. The fourth-order valence-electron chi connectivity index (χ4n) is 2.65. The van der Waals surface area contributed by atoms with Crippen LogP contribution in [0.1, 0.15) is 23.1 Å². The molecule has 0 saturated carbocycles. The van der Waals surface area contributed by atoms with Crippen LogP contribution in [0.4, 0.5) is 11.4 Å². The summed E-state index contributed by atoms with van der Waals surface area (Å²) in [7, 11) is 0. The molecule has 1 aliphatic heterocycles. The standard InChI is InChI=1S/C20H21N3O2S/c1-12-4-7-15(8-5-12)21-20-23-19(25)17(26-20)11-18(24)22-16-9-6-13(2)10-14(16)3/h4-10,17H,11H2,1-3H3,(H,22,24)(H,21,23,25)/t17-/m1/s1. The van der Waals surface area contributed by atoms with Crippen molar-refractivity contribution in [3.05, 3.63) is 59.2 Å². The van der Waals surface area contributed by atoms with E-state index in [2.05, 4.69) is 15.6 Å². The third-order valence-corrected chi connectivity index (χ3v) is 5.15. The number of thioether (sulfide) groups is 1. The van der Waals surface area contributed by atoms with E-state index in [1.165, 1.54) is 11.8 Å². The molecule has 0 aliphatic carbocycles. The van der Waals surface area contributed by atoms with Crippen molar-refractivity contribution in [3.63, 3.8) is 0 Å². The number of anilines is 1. The van der Waals surface area contributed by atoms with Crippen LogP contribution in [0.5, 0.6) is 0 Å². The topological polar surface area (TPSA) is 70.6 Å². The number of amides is 2. The minimum absolute atomic E-state index is 0.108. The predicted molar refractivity (Wildman–Crippen MR) is 107 cm³/mol. The Morgan fingerprint density at radius 3 is 2.50 bits per heavy atom. The molecular weight excluding hydrogens is 346 g/mol. The molecule has 26 heavy (non-hydrogen) atoms. The first-order valence-corrected chi connectivity index (χ1v) is 9.28. The van der Waals surface area contributed by atoms with Crippen LogP contribution in [-0.2, 0) is 9.59 Å². The molecule has 1 heterocycles. The van der Waals surface area contributed by atoms with Gasteiger partial charge in [0, 0.05) is 12.1 Å². The van der Waals surface area contributed by atoms with Gasteiger partial charge in [0.05, 0.1) is 5.69 Å². The number of carbonyl (C=O) groups is 2. The number of nitrogens with one attached hydrogen (secondary N) is 2. The molecule has 1 saturated heterocycles. The highest BCUT2D eigenvalue weighted by Gasteiger charge is 2.32. The molecule has 5 nitrogen and oxygen atoms in total. The van der Waals surface area contributed by atoms with Gasteiger partial charge in [-0.25, -0.2) is 4.99 Å². The molecule has 0 spiro atoms. The SMILES string of the molecule is Cc1ccc(N=C2NC(=O)[C@@H](CC(=O)Nc3ccc(C)cc3C)S2)cc1. The smallest absolute Gasteiger partial charge is 0.240 e. The number of aryl methyl sites for hydroxylation is 3. The van der Waals surface area contributed by atoms with E-state index in [4.69, 9.17) is 0 Å². The Morgan fingerprint density at radius 1 is 1.12 bits per heavy atom. The normalized spacial score (nSPS) is 18.0. The van der Waals surface area contributed by atoms with Crippen molar-refractivity contribution in [2.24, 2.45) is 4.99 Å². The van der Waals surface area contributed by atoms with Gasteiger partial charge < -0.3 is 10.6 Å². The van der Waals surface area contributed by atoms with Gasteiger partial charge in [-0.15, -0.1) is 0 Å². The van der Waals surface area contributed by atoms with Gasteiger partial charge in [0.1, 0.15) is 5.25 Å². The molecule has 6 heteroatoms. The Labute approximate surface area is 157 Å². The minimum Gasteiger partial charge on any atom is -0.326 e. The van der Waals surface area contributed by atoms with Gasteiger partial charge in [0.25, 0.3) is 0 Å². The molecule has 2 amide bonds. The first-order chi connectivity index (χ1) is 12.4. The number of amidine groups is 1. The summed E-state index contributed by atoms with van der Waals surface area (Å²) in [5.41, 5.74) is 4.85. The van der Waals surface area contributed by atoms with Crippen molar-refractivity contribution in [1.29, 1.82) is 0 Å². The fourth-order valence-corrected chi connectivity index (χ4v) is 3.64. The van der Waals surface area contributed by atoms with E-state index in [9.17, 15) is 9.59 Å². The Hall–Kier alpha value is -2.60. The summed E-state index contributed by atoms with van der Waals surface area (Å²) in [5.74, 6) is -0.363. The zero-order valence-corrected chi connectivity index (χ0v) is 15.8. The Bertz CT molecular complexity index is 875. The van der Waals surface area contributed by atoms with Crippen LogP contribution in [0.25, 0.3) is 0 Å².